The molecule has 5 rings (SSSR count). The molecule has 2 aromatic heterocycles. The van der Waals surface area contributed by atoms with E-state index in [9.17, 15) is 18.0 Å². The first-order valence-electron chi connectivity index (χ1n) is 12.4. The van der Waals surface area contributed by atoms with Gasteiger partial charge in [-0.1, -0.05) is 29.7 Å². The van der Waals surface area contributed by atoms with Crippen LogP contribution in [-0.2, 0) is 19.6 Å². The molecular formula is C27H26ClF3N6O2. The molecule has 12 heteroatoms. The topological polar surface area (TPSA) is 86.9 Å². The van der Waals surface area contributed by atoms with Gasteiger partial charge in [-0.15, -0.1) is 5.10 Å². The molecule has 1 aliphatic carbocycles. The van der Waals surface area contributed by atoms with Gasteiger partial charge in [-0.3, -0.25) is 9.48 Å². The minimum absolute atomic E-state index is 0.0466. The summed E-state index contributed by atoms with van der Waals surface area (Å²) in [4.78, 5) is 13.3. The molecule has 39 heavy (non-hydrogen) atoms. The van der Waals surface area contributed by atoms with E-state index in [1.165, 1.54) is 30.0 Å². The van der Waals surface area contributed by atoms with Crippen molar-refractivity contribution in [3.05, 3.63) is 70.1 Å². The van der Waals surface area contributed by atoms with Crippen LogP contribution in [0, 0.1) is 12.8 Å². The molecule has 2 aromatic carbocycles. The molecule has 1 fully saturated rings. The number of anilines is 1. The van der Waals surface area contributed by atoms with E-state index in [1.807, 2.05) is 14.0 Å². The summed E-state index contributed by atoms with van der Waals surface area (Å²) in [5.74, 6) is 0.121. The van der Waals surface area contributed by atoms with Crippen LogP contribution in [0.5, 0.6) is 5.75 Å². The summed E-state index contributed by atoms with van der Waals surface area (Å²) in [6, 6.07) is 6.50. The normalized spacial score (nSPS) is 13.5. The van der Waals surface area contributed by atoms with Gasteiger partial charge < -0.3 is 10.1 Å². The third-order valence-electron chi connectivity index (χ3n) is 6.92. The van der Waals surface area contributed by atoms with E-state index in [0.29, 0.717) is 34.3 Å². The number of aromatic nitrogens is 5. The Hall–Kier alpha value is -3.86. The van der Waals surface area contributed by atoms with Crippen LogP contribution in [0.15, 0.2) is 42.7 Å². The lowest BCUT2D eigenvalue weighted by Crippen LogP contribution is -2.16. The number of nitrogens with one attached hydrogen (secondary N) is 1. The summed E-state index contributed by atoms with van der Waals surface area (Å²) < 4.78 is 49.7. The molecule has 8 nitrogen and oxygen atoms in total. The van der Waals surface area contributed by atoms with Crippen molar-refractivity contribution in [1.29, 1.82) is 0 Å². The zero-order valence-corrected chi connectivity index (χ0v) is 22.3. The number of carbonyl (C=O) groups excluding carboxylic acids is 1. The first-order valence-corrected chi connectivity index (χ1v) is 12.7. The Bertz CT molecular complexity index is 1540. The van der Waals surface area contributed by atoms with E-state index in [2.05, 4.69) is 20.7 Å². The predicted molar refractivity (Wildman–Crippen MR) is 140 cm³/mol. The number of amides is 1. The fraction of sp³-hybridized carbons (Fsp3) is 0.333. The van der Waals surface area contributed by atoms with Crippen molar-refractivity contribution in [3.8, 4) is 22.7 Å². The Kier molecular flexibility index (Phi) is 7.11. The molecule has 0 unspecified atom stereocenters. The Morgan fingerprint density at radius 3 is 2.64 bits per heavy atom. The van der Waals surface area contributed by atoms with E-state index in [0.717, 1.165) is 42.7 Å². The van der Waals surface area contributed by atoms with Crippen molar-refractivity contribution in [2.45, 2.75) is 38.8 Å². The number of hydrogen-bond acceptors (Lipinski definition) is 5. The van der Waals surface area contributed by atoms with E-state index in [1.54, 1.807) is 17.1 Å². The maximum atomic E-state index is 13.7. The zero-order chi connectivity index (χ0) is 27.9. The van der Waals surface area contributed by atoms with E-state index >= 15 is 0 Å². The van der Waals surface area contributed by atoms with Crippen molar-refractivity contribution in [3.63, 3.8) is 0 Å². The molecule has 0 radical (unpaired) electrons. The average molecular weight is 559 g/mol. The molecular weight excluding hydrogens is 533 g/mol. The largest absolute Gasteiger partial charge is 0.494 e. The fourth-order valence-electron chi connectivity index (χ4n) is 4.42. The summed E-state index contributed by atoms with van der Waals surface area (Å²) in [6.45, 7) is 1.90. The number of halogens is 4. The fourth-order valence-corrected chi connectivity index (χ4v) is 4.62. The molecule has 204 valence electrons. The van der Waals surface area contributed by atoms with Crippen molar-refractivity contribution in [2.24, 2.45) is 13.0 Å². The molecule has 0 bridgehead atoms. The molecule has 4 aromatic rings. The van der Waals surface area contributed by atoms with Crippen LogP contribution in [-0.4, -0.2) is 37.8 Å². The standard InChI is InChI=1S/C27H26ClF3N6O2/c1-15-20(13-32-36(15)2)23-14-37(35-34-23)24-11-18(8-9-21(24)28)26(38)33-22-12-19(27(29,30)31)10-17(25(22)39-3)7-6-16-4-5-16/h8-14,16H,4-7H2,1-3H3,(H,33,38). The van der Waals surface area contributed by atoms with Gasteiger partial charge >= 0.3 is 6.18 Å². The van der Waals surface area contributed by atoms with E-state index < -0.39 is 17.6 Å². The zero-order valence-electron chi connectivity index (χ0n) is 21.5. The second-order valence-corrected chi connectivity index (χ2v) is 10.0. The van der Waals surface area contributed by atoms with Gasteiger partial charge in [0.15, 0.2) is 0 Å². The van der Waals surface area contributed by atoms with Crippen LogP contribution < -0.4 is 10.1 Å². The molecule has 1 N–H and O–H groups in total. The van der Waals surface area contributed by atoms with Crippen LogP contribution in [0.3, 0.4) is 0 Å². The lowest BCUT2D eigenvalue weighted by atomic mass is 10.0. The van der Waals surface area contributed by atoms with Gasteiger partial charge in [0.25, 0.3) is 5.91 Å². The summed E-state index contributed by atoms with van der Waals surface area (Å²) in [5, 5.41) is 15.5. The molecule has 0 aliphatic heterocycles. The Morgan fingerprint density at radius 1 is 1.23 bits per heavy atom. The highest BCUT2D eigenvalue weighted by atomic mass is 35.5. The molecule has 2 heterocycles. The van der Waals surface area contributed by atoms with Crippen molar-refractivity contribution in [2.75, 3.05) is 12.4 Å². The third-order valence-corrected chi connectivity index (χ3v) is 7.24. The summed E-state index contributed by atoms with van der Waals surface area (Å²) >= 11 is 6.41. The summed E-state index contributed by atoms with van der Waals surface area (Å²) in [7, 11) is 3.20. The van der Waals surface area contributed by atoms with Crippen LogP contribution in [0.1, 0.15) is 46.4 Å². The lowest BCUT2D eigenvalue weighted by molar-refractivity contribution is -0.137. The number of nitrogens with zero attached hydrogens (tertiary/aromatic N) is 5. The van der Waals surface area contributed by atoms with Crippen LogP contribution >= 0.6 is 11.6 Å². The van der Waals surface area contributed by atoms with Gasteiger partial charge in [0, 0.05) is 23.9 Å². The quantitative estimate of drug-likeness (QED) is 0.276. The molecule has 0 spiro atoms. The number of methoxy groups -OCH3 is 1. The maximum absolute atomic E-state index is 13.7. The Balaban J connectivity index is 1.45. The molecule has 1 amide bonds. The SMILES string of the molecule is COc1c(CCC2CC2)cc(C(F)(F)F)cc1NC(=O)c1ccc(Cl)c(-n2cc(-c3cnn(C)c3C)nn2)c1. The number of ether oxygens (including phenoxy) is 1. The number of aryl methyl sites for hydroxylation is 2. The number of benzene rings is 2. The van der Waals surface area contributed by atoms with Crippen LogP contribution in [0.25, 0.3) is 16.9 Å². The van der Waals surface area contributed by atoms with Gasteiger partial charge in [0.05, 0.1) is 41.5 Å². The minimum atomic E-state index is -4.58. The Morgan fingerprint density at radius 2 is 2.00 bits per heavy atom. The summed E-state index contributed by atoms with van der Waals surface area (Å²) in [6.07, 6.45) is 2.12. The van der Waals surface area contributed by atoms with Gasteiger partial charge in [-0.25, -0.2) is 4.68 Å². The van der Waals surface area contributed by atoms with Gasteiger partial charge in [-0.05, 0) is 61.6 Å². The maximum Gasteiger partial charge on any atom is 0.416 e. The highest BCUT2D eigenvalue weighted by molar-refractivity contribution is 6.32. The highest BCUT2D eigenvalue weighted by Gasteiger charge is 2.33. The van der Waals surface area contributed by atoms with Crippen molar-refractivity contribution < 1.29 is 22.7 Å². The van der Waals surface area contributed by atoms with E-state index in [4.69, 9.17) is 16.3 Å². The highest BCUT2D eigenvalue weighted by Crippen LogP contribution is 2.41. The molecule has 0 saturated heterocycles. The van der Waals surface area contributed by atoms with Crippen molar-refractivity contribution >= 4 is 23.2 Å². The predicted octanol–water partition coefficient (Wildman–Crippen LogP) is 6.25. The number of rotatable bonds is 8. The molecule has 0 atom stereocenters. The van der Waals surface area contributed by atoms with Gasteiger partial charge in [-0.2, -0.15) is 18.3 Å². The number of hydrogen-bond donors (Lipinski definition) is 1. The average Bonchev–Trinajstić information content (AvgIpc) is 3.50. The first kappa shape index (κ1) is 26.7. The first-order chi connectivity index (χ1) is 18.5. The second kappa shape index (κ2) is 10.4. The van der Waals surface area contributed by atoms with Gasteiger partial charge in [0.2, 0.25) is 0 Å². The van der Waals surface area contributed by atoms with E-state index in [-0.39, 0.29) is 17.0 Å². The minimum Gasteiger partial charge on any atom is -0.494 e. The molecule has 1 saturated carbocycles. The number of alkyl halides is 3. The third kappa shape index (κ3) is 5.63. The number of carbonyl (C=O) groups is 1. The smallest absolute Gasteiger partial charge is 0.416 e. The van der Waals surface area contributed by atoms with Crippen LogP contribution in [0.2, 0.25) is 5.02 Å². The van der Waals surface area contributed by atoms with Crippen molar-refractivity contribution in [1.82, 2.24) is 24.8 Å². The summed E-state index contributed by atoms with van der Waals surface area (Å²) in [5.41, 5.74) is 2.33. The molecule has 1 aliphatic rings. The second-order valence-electron chi connectivity index (χ2n) is 9.63. The monoisotopic (exact) mass is 558 g/mol. The van der Waals surface area contributed by atoms with Gasteiger partial charge in [0.1, 0.15) is 11.4 Å². The lowest BCUT2D eigenvalue weighted by Gasteiger charge is -2.18. The Labute approximate surface area is 227 Å². The van der Waals surface area contributed by atoms with Crippen LogP contribution in [0.4, 0.5) is 18.9 Å².